The van der Waals surface area contributed by atoms with Gasteiger partial charge in [0.1, 0.15) is 0 Å². The summed E-state index contributed by atoms with van der Waals surface area (Å²) >= 11 is -3.69. The van der Waals surface area contributed by atoms with Crippen molar-refractivity contribution in [3.8, 4) is 0 Å². The van der Waals surface area contributed by atoms with Gasteiger partial charge in [-0.05, 0) is 0 Å². The van der Waals surface area contributed by atoms with Crippen molar-refractivity contribution in [1.82, 2.24) is 0 Å². The van der Waals surface area contributed by atoms with E-state index in [-0.39, 0.29) is 37.0 Å². The summed E-state index contributed by atoms with van der Waals surface area (Å²) in [6.45, 7) is 0. The third-order valence-electron chi connectivity index (χ3n) is 0. The minimum absolute atomic E-state index is 0. The summed E-state index contributed by atoms with van der Waals surface area (Å²) in [5.41, 5.74) is 0. The van der Waals surface area contributed by atoms with Gasteiger partial charge in [0.2, 0.25) is 0 Å². The van der Waals surface area contributed by atoms with Crippen molar-refractivity contribution in [1.29, 1.82) is 0 Å². The molecule has 3 nitrogen and oxygen atoms in total. The molecule has 0 radical (unpaired) electrons. The molecule has 0 aliphatic rings. The van der Waals surface area contributed by atoms with E-state index in [1.54, 1.807) is 0 Å². The molecule has 36 valence electrons. The molecule has 0 rings (SSSR count). The maximum absolute atomic E-state index is 8.67. The predicted molar refractivity (Wildman–Crippen MR) is 16.1 cm³/mol. The van der Waals surface area contributed by atoms with Crippen LogP contribution in [-0.4, -0.2) is 19.1 Å². The topological polar surface area (TPSA) is 66.3 Å². The maximum atomic E-state index is 8.67. The monoisotopic (exact) mass is 169 g/mol. The van der Waals surface area contributed by atoms with E-state index in [0.717, 1.165) is 0 Å². The summed E-state index contributed by atoms with van der Waals surface area (Å²) in [5, 5.41) is 0. The molecule has 1 N–H and O–H groups in total. The Morgan fingerprint density at radius 2 is 1.33 bits per heavy atom. The Labute approximate surface area is 64.1 Å². The van der Waals surface area contributed by atoms with E-state index in [9.17, 15) is 0 Å². The van der Waals surface area contributed by atoms with Gasteiger partial charge in [-0.3, -0.25) is 0 Å². The molecule has 0 aromatic rings. The molecule has 0 unspecified atom stereocenters. The van der Waals surface area contributed by atoms with Gasteiger partial charge in [0.05, 0.1) is 0 Å². The zero-order valence-electron chi connectivity index (χ0n) is 2.71. The Kier molecular flexibility index (Phi) is 25.2. The normalized spacial score (nSPS) is 7.50. The number of hydrogen-bond donors (Lipinski definition) is 1. The van der Waals surface area contributed by atoms with Crippen LogP contribution in [0.1, 0.15) is 7.43 Å². The van der Waals surface area contributed by atoms with Crippen molar-refractivity contribution in [2.75, 3.05) is 0 Å². The molecule has 0 aromatic heterocycles. The first kappa shape index (κ1) is 15.7. The summed E-state index contributed by atoms with van der Waals surface area (Å²) in [7, 11) is 0. The minimum atomic E-state index is -3.69. The van der Waals surface area contributed by atoms with Crippen LogP contribution in [0, 0.1) is 0 Å². The standard InChI is InChI=1S/CH4.Na.H4O3Se/c;;1-4(2)3/h1H4;;1-4H/q;+1;/p-2. The molecule has 0 fully saturated rings. The van der Waals surface area contributed by atoms with Crippen LogP contribution in [0.4, 0.5) is 0 Å². The molecule has 0 spiro atoms. The molecule has 0 saturated heterocycles. The molecule has 0 aromatic carbocycles. The van der Waals surface area contributed by atoms with Crippen molar-refractivity contribution >= 4 is 14.9 Å². The molecule has 0 saturated carbocycles. The van der Waals surface area contributed by atoms with Crippen LogP contribution in [0.25, 0.3) is 0 Å². The van der Waals surface area contributed by atoms with E-state index in [2.05, 4.69) is 0 Å². The third kappa shape index (κ3) is 53.4. The second kappa shape index (κ2) is 9.64. The zero-order chi connectivity index (χ0) is 3.58. The molecule has 0 atom stereocenters. The molecule has 6 heavy (non-hydrogen) atoms. The SMILES string of the molecule is C.[Na+].[O-][SeH]([O-])O. The zero-order valence-corrected chi connectivity index (χ0v) is 6.59. The fraction of sp³-hybridized carbons (Fsp3) is 1.00. The quantitative estimate of drug-likeness (QED) is 0.366. The van der Waals surface area contributed by atoms with Crippen LogP contribution in [0.2, 0.25) is 0 Å². The van der Waals surface area contributed by atoms with Crippen LogP contribution in [0.15, 0.2) is 0 Å². The Morgan fingerprint density at radius 3 is 1.33 bits per heavy atom. The van der Waals surface area contributed by atoms with Crippen molar-refractivity contribution in [2.45, 2.75) is 7.43 Å². The van der Waals surface area contributed by atoms with E-state index >= 15 is 0 Å². The van der Waals surface area contributed by atoms with Gasteiger partial charge in [0.15, 0.2) is 0 Å². The van der Waals surface area contributed by atoms with Gasteiger partial charge < -0.3 is 0 Å². The van der Waals surface area contributed by atoms with Crippen LogP contribution < -0.4 is 37.9 Å². The van der Waals surface area contributed by atoms with Crippen LogP contribution in [0.5, 0.6) is 0 Å². The Balaban J connectivity index is -0.0000000450. The summed E-state index contributed by atoms with van der Waals surface area (Å²) < 4.78 is 24.4. The van der Waals surface area contributed by atoms with Crippen molar-refractivity contribution in [2.24, 2.45) is 0 Å². The van der Waals surface area contributed by atoms with E-state index in [0.29, 0.717) is 0 Å². The fourth-order valence-electron chi connectivity index (χ4n) is 0. The Bertz CT molecular complexity index is 15.5. The molecule has 0 aliphatic carbocycles. The van der Waals surface area contributed by atoms with E-state index in [1.807, 2.05) is 0 Å². The second-order valence-electron chi connectivity index (χ2n) is 0.238. The van der Waals surface area contributed by atoms with Gasteiger partial charge in [0, 0.05) is 0 Å². The molecule has 0 aliphatic heterocycles. The van der Waals surface area contributed by atoms with Gasteiger partial charge in [-0.15, -0.1) is 0 Å². The molecular weight excluding hydrogens is 162 g/mol. The van der Waals surface area contributed by atoms with Crippen LogP contribution >= 0.6 is 0 Å². The van der Waals surface area contributed by atoms with Crippen LogP contribution in [0.3, 0.4) is 0 Å². The molecule has 0 amide bonds. The summed E-state index contributed by atoms with van der Waals surface area (Å²) in [6.07, 6.45) is 0. The van der Waals surface area contributed by atoms with Crippen molar-refractivity contribution in [3.05, 3.63) is 0 Å². The van der Waals surface area contributed by atoms with Crippen LogP contribution in [-0.2, 0) is 0 Å². The second-order valence-corrected chi connectivity index (χ2v) is 1.24. The van der Waals surface area contributed by atoms with E-state index in [1.165, 1.54) is 0 Å². The number of rotatable bonds is 0. The summed E-state index contributed by atoms with van der Waals surface area (Å²) in [4.78, 5) is 0. The first-order valence-corrected chi connectivity index (χ1v) is 2.94. The van der Waals surface area contributed by atoms with Crippen molar-refractivity contribution < 1.29 is 42.1 Å². The van der Waals surface area contributed by atoms with Gasteiger partial charge in [-0.25, -0.2) is 0 Å². The Morgan fingerprint density at radius 1 is 1.33 bits per heavy atom. The average molecular weight is 168 g/mol. The summed E-state index contributed by atoms with van der Waals surface area (Å²) in [5.74, 6) is 0. The molecule has 0 heterocycles. The van der Waals surface area contributed by atoms with Gasteiger partial charge in [0.25, 0.3) is 0 Å². The Hall–Kier alpha value is 1.40. The summed E-state index contributed by atoms with van der Waals surface area (Å²) in [6, 6.07) is 0. The molecule has 0 bridgehead atoms. The van der Waals surface area contributed by atoms with E-state index < -0.39 is 14.9 Å². The predicted octanol–water partition coefficient (Wildman–Crippen LogP) is -5.94. The van der Waals surface area contributed by atoms with Gasteiger partial charge in [-0.1, -0.05) is 7.43 Å². The average Bonchev–Trinajstić information content (AvgIpc) is 0.811. The molecule has 5 heteroatoms. The fourth-order valence-corrected chi connectivity index (χ4v) is 0. The van der Waals surface area contributed by atoms with Crippen molar-refractivity contribution in [3.63, 3.8) is 0 Å². The number of hydrogen-bond acceptors (Lipinski definition) is 3. The van der Waals surface area contributed by atoms with Gasteiger partial charge in [-0.2, -0.15) is 0 Å². The third-order valence-corrected chi connectivity index (χ3v) is 0. The van der Waals surface area contributed by atoms with Gasteiger partial charge >= 0.3 is 57.0 Å². The first-order chi connectivity index (χ1) is 1.73. The molecular formula is CH6NaO3Se-. The first-order valence-electron chi connectivity index (χ1n) is 0.565. The van der Waals surface area contributed by atoms with E-state index in [4.69, 9.17) is 12.6 Å².